The number of aliphatic hydroxyl groups is 1. The highest BCUT2D eigenvalue weighted by Crippen LogP contribution is 2.62. The Hall–Kier alpha value is -1.45. The molecule has 0 spiro atoms. The normalized spacial score (nSPS) is 37.0. The van der Waals surface area contributed by atoms with E-state index in [1.54, 1.807) is 6.92 Å². The summed E-state index contributed by atoms with van der Waals surface area (Å²) in [5.74, 6) is 0.417. The standard InChI is InChI=1S/C27H38F6O3.C14H20F6O.C4H10/c1-14(2)21-10-17-5-18(22(21)11-17)12-25(26(28,29)30,27(31,32)33)35-13-23(34)36-24(3)19-6-15-4-16(8-19)9-20(24)7-15;1-7(2)10-4-8-3-9(11(10)5-8)6-12(21,13(15,16)17)14(18,19)20;1-4(2)3/h14-22H,4-13H2,1-3H3;7-11,21H,3-6H2,1-2H3;4H,1-3H3. The highest BCUT2D eigenvalue weighted by Gasteiger charge is 2.74. The van der Waals surface area contributed by atoms with Gasteiger partial charge in [-0.3, -0.25) is 0 Å². The molecule has 356 valence electrons. The van der Waals surface area contributed by atoms with Crippen molar-refractivity contribution in [2.75, 3.05) is 6.61 Å². The predicted molar refractivity (Wildman–Crippen MR) is 204 cm³/mol. The Bertz CT molecular complexity index is 1420. The number of esters is 1. The van der Waals surface area contributed by atoms with Crippen LogP contribution >= 0.6 is 0 Å². The lowest BCUT2D eigenvalue weighted by Gasteiger charge is -2.59. The molecule has 1 N–H and O–H groups in total. The molecule has 0 aromatic heterocycles. The maximum Gasteiger partial charge on any atom is 0.426 e. The van der Waals surface area contributed by atoms with Gasteiger partial charge < -0.3 is 14.6 Å². The van der Waals surface area contributed by atoms with Gasteiger partial charge in [-0.1, -0.05) is 48.5 Å². The van der Waals surface area contributed by atoms with Crippen molar-refractivity contribution in [3.05, 3.63) is 0 Å². The summed E-state index contributed by atoms with van der Waals surface area (Å²) in [6, 6.07) is 0. The third-order valence-electron chi connectivity index (χ3n) is 16.2. The Morgan fingerprint density at radius 1 is 0.557 bits per heavy atom. The van der Waals surface area contributed by atoms with Crippen molar-refractivity contribution in [1.29, 1.82) is 0 Å². The highest BCUT2D eigenvalue weighted by molar-refractivity contribution is 5.71. The fraction of sp³-hybridized carbons (Fsp3) is 0.978. The molecule has 0 aromatic carbocycles. The summed E-state index contributed by atoms with van der Waals surface area (Å²) in [7, 11) is 0. The smallest absolute Gasteiger partial charge is 0.426 e. The summed E-state index contributed by atoms with van der Waals surface area (Å²) < 4.78 is 173. The predicted octanol–water partition coefficient (Wildman–Crippen LogP) is 13.5. The van der Waals surface area contributed by atoms with Gasteiger partial charge in [0.25, 0.3) is 11.2 Å². The lowest BCUT2D eigenvalue weighted by atomic mass is 9.50. The van der Waals surface area contributed by atoms with E-state index in [2.05, 4.69) is 20.8 Å². The van der Waals surface area contributed by atoms with E-state index in [9.17, 15) is 62.6 Å². The molecule has 8 atom stereocenters. The average molecular weight is 901 g/mol. The number of hydrogen-bond acceptors (Lipinski definition) is 4. The van der Waals surface area contributed by atoms with Crippen LogP contribution in [0.5, 0.6) is 0 Å². The number of fused-ring (bicyclic) bond motifs is 4. The van der Waals surface area contributed by atoms with E-state index >= 15 is 0 Å². The number of carbonyl (C=O) groups is 1. The van der Waals surface area contributed by atoms with Crippen molar-refractivity contribution < 1.29 is 72.1 Å². The molecule has 16 heteroatoms. The number of rotatable bonds is 10. The number of alkyl halides is 12. The molecule has 0 aliphatic heterocycles. The van der Waals surface area contributed by atoms with Crippen LogP contribution in [-0.4, -0.2) is 59.2 Å². The van der Waals surface area contributed by atoms with Gasteiger partial charge in [0.2, 0.25) is 0 Å². The summed E-state index contributed by atoms with van der Waals surface area (Å²) in [5.41, 5.74) is -9.81. The summed E-state index contributed by atoms with van der Waals surface area (Å²) in [5, 5.41) is 9.35. The van der Waals surface area contributed by atoms with Gasteiger partial charge >= 0.3 is 30.7 Å². The van der Waals surface area contributed by atoms with E-state index in [1.807, 2.05) is 27.7 Å². The van der Waals surface area contributed by atoms with E-state index in [4.69, 9.17) is 9.47 Å². The van der Waals surface area contributed by atoms with Crippen molar-refractivity contribution in [1.82, 2.24) is 0 Å². The second kappa shape index (κ2) is 17.7. The zero-order chi connectivity index (χ0) is 46.1. The van der Waals surface area contributed by atoms with Gasteiger partial charge in [-0.15, -0.1) is 0 Å². The molecule has 0 amide bonds. The summed E-state index contributed by atoms with van der Waals surface area (Å²) in [4.78, 5) is 12.8. The minimum absolute atomic E-state index is 0.106. The molecule has 8 aliphatic carbocycles. The van der Waals surface area contributed by atoms with Crippen LogP contribution in [0, 0.1) is 88.8 Å². The Labute approximate surface area is 353 Å². The molecule has 8 fully saturated rings. The lowest BCUT2D eigenvalue weighted by molar-refractivity contribution is -0.385. The first-order valence-corrected chi connectivity index (χ1v) is 22.6. The maximum atomic E-state index is 14.2. The molecule has 8 unspecified atom stereocenters. The van der Waals surface area contributed by atoms with Crippen LogP contribution in [0.2, 0.25) is 0 Å². The second-order valence-electron chi connectivity index (χ2n) is 21.9. The molecule has 0 saturated heterocycles. The van der Waals surface area contributed by atoms with Crippen molar-refractivity contribution in [2.24, 2.45) is 88.8 Å². The van der Waals surface area contributed by atoms with Gasteiger partial charge in [-0.2, -0.15) is 52.7 Å². The number of hydrogen-bond donors (Lipinski definition) is 1. The topological polar surface area (TPSA) is 55.8 Å². The summed E-state index contributed by atoms with van der Waals surface area (Å²) in [6.45, 7) is 14.8. The Balaban J connectivity index is 0.000000239. The largest absolute Gasteiger partial charge is 0.457 e. The van der Waals surface area contributed by atoms with Crippen LogP contribution in [0.3, 0.4) is 0 Å². The van der Waals surface area contributed by atoms with E-state index in [0.29, 0.717) is 37.5 Å². The molecular formula is C45H68F12O4. The van der Waals surface area contributed by atoms with Gasteiger partial charge in [-0.25, -0.2) is 4.79 Å². The average Bonchev–Trinajstić information content (AvgIpc) is 3.88. The van der Waals surface area contributed by atoms with Crippen LogP contribution in [-0.2, 0) is 14.3 Å². The lowest BCUT2D eigenvalue weighted by Crippen LogP contribution is -2.61. The molecule has 0 radical (unpaired) electrons. The molecule has 0 heterocycles. The minimum Gasteiger partial charge on any atom is -0.457 e. The van der Waals surface area contributed by atoms with E-state index in [0.717, 1.165) is 44.4 Å². The SMILES string of the molecule is CC(C)C.CC(C)C1CC2CC(CC(O)(C(F)(F)F)C(F)(F)F)C1C2.CC(C)C1CC2CC(CC(OCC(=O)OC3(C)C4CC5CC(C4)CC3C5)(C(F)(F)F)C(F)(F)F)C1C2. The first kappa shape index (κ1) is 50.5. The van der Waals surface area contributed by atoms with Crippen LogP contribution in [0.25, 0.3) is 0 Å². The van der Waals surface area contributed by atoms with Crippen molar-refractivity contribution >= 4 is 5.97 Å². The molecular weight excluding hydrogens is 832 g/mol. The molecule has 8 bridgehead atoms. The van der Waals surface area contributed by atoms with E-state index < -0.39 is 78.8 Å². The Morgan fingerprint density at radius 2 is 0.918 bits per heavy atom. The highest BCUT2D eigenvalue weighted by atomic mass is 19.4. The zero-order valence-corrected chi connectivity index (χ0v) is 36.8. The first-order valence-electron chi connectivity index (χ1n) is 22.6. The van der Waals surface area contributed by atoms with Crippen molar-refractivity contribution in [3.63, 3.8) is 0 Å². The van der Waals surface area contributed by atoms with Crippen molar-refractivity contribution in [2.45, 2.75) is 180 Å². The summed E-state index contributed by atoms with van der Waals surface area (Å²) >= 11 is 0. The maximum absolute atomic E-state index is 14.2. The molecule has 8 saturated carbocycles. The number of halogens is 12. The van der Waals surface area contributed by atoms with Crippen LogP contribution < -0.4 is 0 Å². The quantitative estimate of drug-likeness (QED) is 0.175. The molecule has 61 heavy (non-hydrogen) atoms. The fourth-order valence-corrected chi connectivity index (χ4v) is 13.6. The second-order valence-corrected chi connectivity index (χ2v) is 21.9. The van der Waals surface area contributed by atoms with Crippen LogP contribution in [0.1, 0.15) is 139 Å². The Kier molecular flexibility index (Phi) is 14.7. The Morgan fingerprint density at radius 3 is 1.25 bits per heavy atom. The zero-order valence-electron chi connectivity index (χ0n) is 36.8. The fourth-order valence-electron chi connectivity index (χ4n) is 13.6. The van der Waals surface area contributed by atoms with Gasteiger partial charge in [0.1, 0.15) is 12.2 Å². The third kappa shape index (κ3) is 10.2. The van der Waals surface area contributed by atoms with E-state index in [1.165, 1.54) is 6.42 Å². The van der Waals surface area contributed by atoms with Gasteiger partial charge in [0.15, 0.2) is 0 Å². The molecule has 0 aromatic rings. The van der Waals surface area contributed by atoms with Crippen LogP contribution in [0.15, 0.2) is 0 Å². The summed E-state index contributed by atoms with van der Waals surface area (Å²) in [6.07, 6.45) is -16.7. The van der Waals surface area contributed by atoms with Crippen LogP contribution in [0.4, 0.5) is 52.7 Å². The molecule has 8 rings (SSSR count). The first-order chi connectivity index (χ1) is 27.7. The number of ether oxygens (including phenoxy) is 2. The number of carbonyl (C=O) groups excluding carboxylic acids is 1. The van der Waals surface area contributed by atoms with Gasteiger partial charge in [-0.05, 0) is 179 Å². The monoisotopic (exact) mass is 900 g/mol. The van der Waals surface area contributed by atoms with Gasteiger partial charge in [0, 0.05) is 0 Å². The van der Waals surface area contributed by atoms with Crippen molar-refractivity contribution in [3.8, 4) is 0 Å². The third-order valence-corrected chi connectivity index (χ3v) is 16.2. The van der Waals surface area contributed by atoms with Gasteiger partial charge in [0.05, 0.1) is 0 Å². The minimum atomic E-state index is -5.70. The molecule has 8 aliphatic rings. The van der Waals surface area contributed by atoms with E-state index in [-0.39, 0.29) is 59.2 Å². The molecule has 4 nitrogen and oxygen atoms in total.